The number of carbonyl (C=O) groups is 2. The number of hydrogen-bond donors (Lipinski definition) is 1. The maximum absolute atomic E-state index is 13.4. The lowest BCUT2D eigenvalue weighted by Gasteiger charge is -2.29. The van der Waals surface area contributed by atoms with Crippen LogP contribution in [0, 0.1) is 6.92 Å². The molecule has 0 unspecified atom stereocenters. The van der Waals surface area contributed by atoms with E-state index in [1.165, 1.54) is 26.2 Å². The van der Waals surface area contributed by atoms with Crippen LogP contribution in [-0.4, -0.2) is 81.2 Å². The van der Waals surface area contributed by atoms with Crippen molar-refractivity contribution >= 4 is 17.4 Å². The highest BCUT2D eigenvalue weighted by molar-refractivity contribution is 6.46. The average Bonchev–Trinajstić information content (AvgIpc) is 3.17. The van der Waals surface area contributed by atoms with Gasteiger partial charge in [-0.1, -0.05) is 13.8 Å². The van der Waals surface area contributed by atoms with Gasteiger partial charge in [0, 0.05) is 18.7 Å². The molecule has 3 rings (SSSR count). The molecule has 0 bridgehead atoms. The Labute approximate surface area is 218 Å². The molecule has 1 aliphatic heterocycles. The van der Waals surface area contributed by atoms with E-state index in [1.54, 1.807) is 37.4 Å². The normalized spacial score (nSPS) is 16.9. The number of carbonyl (C=O) groups excluding carboxylic acids is 2. The molecule has 1 fully saturated rings. The Balaban J connectivity index is 2.24. The van der Waals surface area contributed by atoms with E-state index in [4.69, 9.17) is 18.9 Å². The first-order chi connectivity index (χ1) is 17.8. The largest absolute Gasteiger partial charge is 0.507 e. The Hall–Kier alpha value is -3.72. The summed E-state index contributed by atoms with van der Waals surface area (Å²) in [7, 11) is 6.06. The lowest BCUT2D eigenvalue weighted by molar-refractivity contribution is -0.140. The molecular weight excluding hydrogens is 476 g/mol. The number of aryl methyl sites for hydroxylation is 1. The molecule has 0 radical (unpaired) electrons. The number of ketones is 1. The predicted molar refractivity (Wildman–Crippen MR) is 141 cm³/mol. The quantitative estimate of drug-likeness (QED) is 0.276. The third-order valence-electron chi connectivity index (χ3n) is 6.76. The van der Waals surface area contributed by atoms with Gasteiger partial charge in [0.05, 0.1) is 40.1 Å². The van der Waals surface area contributed by atoms with Crippen molar-refractivity contribution in [2.75, 3.05) is 54.6 Å². The van der Waals surface area contributed by atoms with E-state index < -0.39 is 17.7 Å². The van der Waals surface area contributed by atoms with Gasteiger partial charge in [-0.05, 0) is 61.5 Å². The minimum absolute atomic E-state index is 0.00314. The second-order valence-corrected chi connectivity index (χ2v) is 8.66. The summed E-state index contributed by atoms with van der Waals surface area (Å²) in [5.74, 6) is 0.130. The number of ether oxygens (including phenoxy) is 4. The fourth-order valence-electron chi connectivity index (χ4n) is 4.69. The molecule has 1 N–H and O–H groups in total. The van der Waals surface area contributed by atoms with Crippen LogP contribution in [0.5, 0.6) is 23.0 Å². The fourth-order valence-corrected chi connectivity index (χ4v) is 4.69. The van der Waals surface area contributed by atoms with Gasteiger partial charge >= 0.3 is 0 Å². The van der Waals surface area contributed by atoms with E-state index in [2.05, 4.69) is 4.90 Å². The molecule has 1 saturated heterocycles. The molecule has 0 aliphatic carbocycles. The summed E-state index contributed by atoms with van der Waals surface area (Å²) in [5.41, 5.74) is 1.76. The van der Waals surface area contributed by atoms with Gasteiger partial charge in [-0.25, -0.2) is 0 Å². The number of amides is 1. The minimum Gasteiger partial charge on any atom is -0.507 e. The number of likely N-dealkylation sites (tertiary alicyclic amines) is 1. The predicted octanol–water partition coefficient (Wildman–Crippen LogP) is 3.79. The molecule has 9 nitrogen and oxygen atoms in total. The number of rotatable bonds is 11. The molecule has 0 aromatic heterocycles. The van der Waals surface area contributed by atoms with Gasteiger partial charge in [0.2, 0.25) is 5.75 Å². The topological polar surface area (TPSA) is 97.8 Å². The van der Waals surface area contributed by atoms with Crippen molar-refractivity contribution in [1.82, 2.24) is 9.80 Å². The number of hydrogen-bond acceptors (Lipinski definition) is 8. The van der Waals surface area contributed by atoms with E-state index in [1.807, 2.05) is 20.8 Å². The first-order valence-electron chi connectivity index (χ1n) is 12.2. The van der Waals surface area contributed by atoms with Crippen molar-refractivity contribution in [1.29, 1.82) is 0 Å². The van der Waals surface area contributed by atoms with Crippen molar-refractivity contribution in [3.63, 3.8) is 0 Å². The van der Waals surface area contributed by atoms with Crippen LogP contribution in [-0.2, 0) is 9.59 Å². The van der Waals surface area contributed by atoms with Crippen LogP contribution in [0.3, 0.4) is 0 Å². The lowest BCUT2D eigenvalue weighted by Crippen LogP contribution is -2.38. The Morgan fingerprint density at radius 3 is 2.00 bits per heavy atom. The van der Waals surface area contributed by atoms with Crippen LogP contribution in [0.4, 0.5) is 0 Å². The van der Waals surface area contributed by atoms with Gasteiger partial charge in [-0.2, -0.15) is 0 Å². The molecule has 0 saturated carbocycles. The number of benzene rings is 2. The summed E-state index contributed by atoms with van der Waals surface area (Å²) in [6, 6.07) is 7.66. The second-order valence-electron chi connectivity index (χ2n) is 8.66. The zero-order valence-electron chi connectivity index (χ0n) is 22.6. The Kier molecular flexibility index (Phi) is 9.04. The Morgan fingerprint density at radius 1 is 0.919 bits per heavy atom. The highest BCUT2D eigenvalue weighted by atomic mass is 16.5. The SMILES string of the molecule is CCN(CC)CCN1C(=O)C(=O)C(=C(O)c2ccc(OC)c(C)c2)[C@@H]1c1cc(OC)c(OC)c(OC)c1. The van der Waals surface area contributed by atoms with Gasteiger partial charge in [0.15, 0.2) is 11.5 Å². The molecule has 1 aliphatic rings. The van der Waals surface area contributed by atoms with E-state index in [0.717, 1.165) is 18.7 Å². The molecule has 2 aromatic rings. The molecule has 0 spiro atoms. The van der Waals surface area contributed by atoms with Gasteiger partial charge in [0.1, 0.15) is 11.5 Å². The van der Waals surface area contributed by atoms with Crippen LogP contribution in [0.25, 0.3) is 5.76 Å². The maximum atomic E-state index is 13.4. The smallest absolute Gasteiger partial charge is 0.295 e. The summed E-state index contributed by atoms with van der Waals surface area (Å²) in [6.07, 6.45) is 0. The standard InChI is InChI=1S/C28H36N2O7/c1-8-29(9-2)12-13-30-24(19-15-21(35-5)27(37-7)22(16-19)36-6)23(26(32)28(30)33)25(31)18-10-11-20(34-4)17(3)14-18/h10-11,14-16,24,31H,8-9,12-13H2,1-7H3/t24-/m0/s1. The molecule has 1 heterocycles. The zero-order valence-corrected chi connectivity index (χ0v) is 22.6. The number of aliphatic hydroxyl groups excluding tert-OH is 1. The number of likely N-dealkylation sites (N-methyl/N-ethyl adjacent to an activating group) is 1. The summed E-state index contributed by atoms with van der Waals surface area (Å²) < 4.78 is 21.8. The third-order valence-corrected chi connectivity index (χ3v) is 6.76. The molecule has 200 valence electrons. The van der Waals surface area contributed by atoms with Crippen molar-refractivity contribution in [3.05, 3.63) is 52.6 Å². The summed E-state index contributed by atoms with van der Waals surface area (Å²) in [4.78, 5) is 30.4. The second kappa shape index (κ2) is 12.0. The van der Waals surface area contributed by atoms with Crippen molar-refractivity contribution in [2.45, 2.75) is 26.8 Å². The van der Waals surface area contributed by atoms with E-state index in [0.29, 0.717) is 47.2 Å². The summed E-state index contributed by atoms with van der Waals surface area (Å²) in [5, 5.41) is 11.4. The molecule has 2 aromatic carbocycles. The number of aliphatic hydroxyl groups is 1. The fraction of sp³-hybridized carbons (Fsp3) is 0.429. The van der Waals surface area contributed by atoms with Gasteiger partial charge in [0.25, 0.3) is 11.7 Å². The monoisotopic (exact) mass is 512 g/mol. The van der Waals surface area contributed by atoms with E-state index in [9.17, 15) is 14.7 Å². The molecule has 9 heteroatoms. The highest BCUT2D eigenvalue weighted by Gasteiger charge is 2.46. The number of Topliss-reactive ketones (excluding diaryl/α,β-unsaturated/α-hetero) is 1. The Bertz CT molecular complexity index is 1160. The van der Waals surface area contributed by atoms with Crippen LogP contribution in [0.15, 0.2) is 35.9 Å². The molecular formula is C28H36N2O7. The van der Waals surface area contributed by atoms with Gasteiger partial charge in [-0.3, -0.25) is 9.59 Å². The Morgan fingerprint density at radius 2 is 1.51 bits per heavy atom. The van der Waals surface area contributed by atoms with Crippen molar-refractivity contribution in [3.8, 4) is 23.0 Å². The van der Waals surface area contributed by atoms with E-state index >= 15 is 0 Å². The van der Waals surface area contributed by atoms with E-state index in [-0.39, 0.29) is 11.3 Å². The average molecular weight is 513 g/mol. The lowest BCUT2D eigenvalue weighted by atomic mass is 9.94. The number of methoxy groups -OCH3 is 4. The van der Waals surface area contributed by atoms with Crippen molar-refractivity contribution in [2.24, 2.45) is 0 Å². The first kappa shape index (κ1) is 27.9. The van der Waals surface area contributed by atoms with Crippen LogP contribution >= 0.6 is 0 Å². The van der Waals surface area contributed by atoms with Crippen molar-refractivity contribution < 1.29 is 33.6 Å². The third kappa shape index (κ3) is 5.36. The number of nitrogens with zero attached hydrogens (tertiary/aromatic N) is 2. The van der Waals surface area contributed by atoms with Gasteiger partial charge in [-0.15, -0.1) is 0 Å². The van der Waals surface area contributed by atoms with Crippen LogP contribution in [0.2, 0.25) is 0 Å². The molecule has 1 atom stereocenters. The first-order valence-corrected chi connectivity index (χ1v) is 12.2. The molecule has 1 amide bonds. The zero-order chi connectivity index (χ0) is 27.3. The van der Waals surface area contributed by atoms with Gasteiger partial charge < -0.3 is 33.9 Å². The highest BCUT2D eigenvalue weighted by Crippen LogP contribution is 2.45. The molecule has 37 heavy (non-hydrogen) atoms. The maximum Gasteiger partial charge on any atom is 0.295 e. The minimum atomic E-state index is -0.855. The van der Waals surface area contributed by atoms with Crippen LogP contribution < -0.4 is 18.9 Å². The van der Waals surface area contributed by atoms with Crippen LogP contribution in [0.1, 0.15) is 36.6 Å². The summed E-state index contributed by atoms with van der Waals surface area (Å²) >= 11 is 0. The summed E-state index contributed by atoms with van der Waals surface area (Å²) in [6.45, 7) is 8.41.